The lowest BCUT2D eigenvalue weighted by molar-refractivity contribution is 0.0910. The van der Waals surface area contributed by atoms with E-state index >= 15 is 0 Å². The van der Waals surface area contributed by atoms with Crippen molar-refractivity contribution in [1.29, 1.82) is 0 Å². The van der Waals surface area contributed by atoms with Crippen molar-refractivity contribution in [2.24, 2.45) is 14.1 Å². The van der Waals surface area contributed by atoms with Crippen LogP contribution >= 0.6 is 23.2 Å². The standard InChI is InChI=1S/C25H21Cl2N5O5/c1-31-12-17(22(35)32(2)24(31)36)20(34)30-25(23-28-11-14(13-33)21(29-23)37-3)10-6-8-16(19(25)27)15-7-4-5-9-18(15)26/h4-13,19H,1-3H3,(H,30,34). The molecule has 0 fully saturated rings. The van der Waals surface area contributed by atoms with Crippen LogP contribution in [0, 0.1) is 0 Å². The Labute approximate surface area is 220 Å². The molecule has 0 spiro atoms. The summed E-state index contributed by atoms with van der Waals surface area (Å²) in [6.07, 6.45) is 7.89. The summed E-state index contributed by atoms with van der Waals surface area (Å²) in [5.41, 5.74) is -2.05. The predicted octanol–water partition coefficient (Wildman–Crippen LogP) is 2.23. The molecular formula is C25H21Cl2N5O5. The maximum atomic E-state index is 13.5. The quantitative estimate of drug-likeness (QED) is 0.374. The number of allylic oxidation sites excluding steroid dienone is 2. The van der Waals surface area contributed by atoms with Gasteiger partial charge in [0.15, 0.2) is 12.1 Å². The maximum Gasteiger partial charge on any atom is 0.330 e. The second kappa shape index (κ2) is 10.2. The first kappa shape index (κ1) is 26.1. The van der Waals surface area contributed by atoms with Crippen LogP contribution in [0.1, 0.15) is 32.1 Å². The molecular weight excluding hydrogens is 521 g/mol. The van der Waals surface area contributed by atoms with Crippen molar-refractivity contribution in [3.05, 3.63) is 103 Å². The SMILES string of the molecule is COc1nc(C2(NC(=O)c3cn(C)c(=O)n(C)c3=O)C=CC=C(c3ccccc3Cl)C2Cl)ncc1C=O. The van der Waals surface area contributed by atoms with E-state index in [4.69, 9.17) is 27.9 Å². The highest BCUT2D eigenvalue weighted by Crippen LogP contribution is 2.42. The van der Waals surface area contributed by atoms with Crippen LogP contribution in [0.5, 0.6) is 5.88 Å². The van der Waals surface area contributed by atoms with Crippen LogP contribution in [0.3, 0.4) is 0 Å². The highest BCUT2D eigenvalue weighted by molar-refractivity contribution is 6.34. The van der Waals surface area contributed by atoms with Crippen molar-refractivity contribution in [3.63, 3.8) is 0 Å². The van der Waals surface area contributed by atoms with E-state index in [0.717, 1.165) is 15.3 Å². The summed E-state index contributed by atoms with van der Waals surface area (Å²) >= 11 is 13.5. The molecule has 0 aliphatic heterocycles. The van der Waals surface area contributed by atoms with Crippen molar-refractivity contribution < 1.29 is 14.3 Å². The van der Waals surface area contributed by atoms with Crippen molar-refractivity contribution in [2.75, 3.05) is 7.11 Å². The first-order valence-electron chi connectivity index (χ1n) is 10.9. The Balaban J connectivity index is 1.91. The van der Waals surface area contributed by atoms with E-state index in [1.54, 1.807) is 42.5 Å². The molecule has 1 N–H and O–H groups in total. The fraction of sp³-hybridized carbons (Fsp3) is 0.200. The molecule has 12 heteroatoms. The molecule has 2 aromatic heterocycles. The van der Waals surface area contributed by atoms with Gasteiger partial charge in [0.25, 0.3) is 11.5 Å². The topological polar surface area (TPSA) is 125 Å². The van der Waals surface area contributed by atoms with Gasteiger partial charge in [-0.25, -0.2) is 9.78 Å². The highest BCUT2D eigenvalue weighted by Gasteiger charge is 2.46. The van der Waals surface area contributed by atoms with Gasteiger partial charge in [0.1, 0.15) is 11.1 Å². The van der Waals surface area contributed by atoms with Crippen LogP contribution in [0.4, 0.5) is 0 Å². The van der Waals surface area contributed by atoms with Gasteiger partial charge < -0.3 is 14.6 Å². The molecule has 190 valence electrons. The number of carbonyl (C=O) groups excluding carboxylic acids is 2. The van der Waals surface area contributed by atoms with E-state index in [0.29, 0.717) is 22.4 Å². The number of benzene rings is 1. The number of aldehydes is 1. The molecule has 2 heterocycles. The monoisotopic (exact) mass is 541 g/mol. The van der Waals surface area contributed by atoms with Gasteiger partial charge in [-0.15, -0.1) is 11.6 Å². The number of amides is 1. The lowest BCUT2D eigenvalue weighted by Crippen LogP contribution is -2.54. The van der Waals surface area contributed by atoms with Gasteiger partial charge in [0.05, 0.1) is 18.1 Å². The summed E-state index contributed by atoms with van der Waals surface area (Å²) in [4.78, 5) is 58.5. The van der Waals surface area contributed by atoms with Gasteiger partial charge >= 0.3 is 5.69 Å². The van der Waals surface area contributed by atoms with Crippen molar-refractivity contribution in [2.45, 2.75) is 10.9 Å². The van der Waals surface area contributed by atoms with E-state index < -0.39 is 28.1 Å². The fourth-order valence-corrected chi connectivity index (χ4v) is 4.69. The summed E-state index contributed by atoms with van der Waals surface area (Å²) in [6.45, 7) is 0. The number of hydrogen-bond donors (Lipinski definition) is 1. The molecule has 0 saturated carbocycles. The maximum absolute atomic E-state index is 13.5. The number of nitrogens with zero attached hydrogens (tertiary/aromatic N) is 4. The Bertz CT molecular complexity index is 1590. The molecule has 1 aliphatic rings. The van der Waals surface area contributed by atoms with Crippen LogP contribution in [0.15, 0.2) is 64.5 Å². The fourth-order valence-electron chi connectivity index (χ4n) is 4.03. The van der Waals surface area contributed by atoms with Crippen LogP contribution in [-0.2, 0) is 19.6 Å². The van der Waals surface area contributed by atoms with Gasteiger partial charge in [0, 0.05) is 31.5 Å². The summed E-state index contributed by atoms with van der Waals surface area (Å²) < 4.78 is 7.18. The molecule has 1 aromatic carbocycles. The van der Waals surface area contributed by atoms with Crippen molar-refractivity contribution in [3.8, 4) is 5.88 Å². The van der Waals surface area contributed by atoms with Crippen molar-refractivity contribution >= 4 is 41.0 Å². The lowest BCUT2D eigenvalue weighted by atomic mass is 9.82. The average Bonchev–Trinajstić information content (AvgIpc) is 2.90. The molecule has 4 rings (SSSR count). The minimum atomic E-state index is -1.61. The Kier molecular flexibility index (Phi) is 7.15. The van der Waals surface area contributed by atoms with Crippen LogP contribution in [0.2, 0.25) is 5.02 Å². The Morgan fingerprint density at radius 3 is 2.65 bits per heavy atom. The van der Waals surface area contributed by atoms with Gasteiger partial charge in [-0.3, -0.25) is 19.0 Å². The minimum Gasteiger partial charge on any atom is -0.480 e. The van der Waals surface area contributed by atoms with Crippen molar-refractivity contribution in [1.82, 2.24) is 24.4 Å². The molecule has 0 bridgehead atoms. The van der Waals surface area contributed by atoms with E-state index in [2.05, 4.69) is 15.3 Å². The average molecular weight is 542 g/mol. The third-order valence-corrected chi connectivity index (χ3v) is 6.88. The molecule has 37 heavy (non-hydrogen) atoms. The molecule has 1 amide bonds. The summed E-state index contributed by atoms with van der Waals surface area (Å²) in [5.74, 6) is -0.856. The highest BCUT2D eigenvalue weighted by atomic mass is 35.5. The number of nitrogens with one attached hydrogen (secondary N) is 1. The van der Waals surface area contributed by atoms with E-state index in [-0.39, 0.29) is 22.8 Å². The number of aryl methyl sites for hydroxylation is 1. The largest absolute Gasteiger partial charge is 0.480 e. The molecule has 2 unspecified atom stereocenters. The molecule has 1 aliphatic carbocycles. The Morgan fingerprint density at radius 1 is 1.24 bits per heavy atom. The number of carbonyl (C=O) groups is 2. The number of methoxy groups -OCH3 is 1. The number of hydrogen-bond acceptors (Lipinski definition) is 7. The minimum absolute atomic E-state index is 0.00107. The lowest BCUT2D eigenvalue weighted by Gasteiger charge is -2.38. The number of rotatable bonds is 6. The first-order chi connectivity index (χ1) is 17.6. The second-order valence-electron chi connectivity index (χ2n) is 8.22. The van der Waals surface area contributed by atoms with Gasteiger partial charge in [-0.2, -0.15) is 4.98 Å². The Morgan fingerprint density at radius 2 is 1.97 bits per heavy atom. The molecule has 0 saturated heterocycles. The smallest absolute Gasteiger partial charge is 0.330 e. The number of alkyl halides is 1. The Hall–Kier alpha value is -4.02. The van der Waals surface area contributed by atoms with Crippen LogP contribution in [-0.4, -0.2) is 43.8 Å². The van der Waals surface area contributed by atoms with Crippen LogP contribution in [0.25, 0.3) is 5.57 Å². The van der Waals surface area contributed by atoms with Gasteiger partial charge in [-0.1, -0.05) is 42.0 Å². The molecule has 3 aromatic rings. The number of ether oxygens (including phenoxy) is 1. The number of aromatic nitrogens is 4. The van der Waals surface area contributed by atoms with E-state index in [1.165, 1.54) is 27.4 Å². The van der Waals surface area contributed by atoms with Crippen LogP contribution < -0.4 is 21.3 Å². The van der Waals surface area contributed by atoms with E-state index in [1.807, 2.05) is 0 Å². The third-order valence-electron chi connectivity index (χ3n) is 5.97. The first-order valence-corrected chi connectivity index (χ1v) is 11.7. The number of halogens is 2. The summed E-state index contributed by atoms with van der Waals surface area (Å²) in [5, 5.41) is 2.20. The van der Waals surface area contributed by atoms with Gasteiger partial charge in [-0.05, 0) is 23.3 Å². The van der Waals surface area contributed by atoms with Gasteiger partial charge in [0.2, 0.25) is 5.88 Å². The molecule has 2 atom stereocenters. The zero-order chi connectivity index (χ0) is 26.9. The second-order valence-corrected chi connectivity index (χ2v) is 9.07. The zero-order valence-corrected chi connectivity index (χ0v) is 21.4. The molecule has 10 nitrogen and oxygen atoms in total. The summed E-state index contributed by atoms with van der Waals surface area (Å²) in [6, 6.07) is 7.03. The predicted molar refractivity (Wildman–Crippen MR) is 138 cm³/mol. The zero-order valence-electron chi connectivity index (χ0n) is 19.9. The van der Waals surface area contributed by atoms with E-state index in [9.17, 15) is 19.2 Å². The third kappa shape index (κ3) is 4.49. The molecule has 0 radical (unpaired) electrons. The summed E-state index contributed by atoms with van der Waals surface area (Å²) in [7, 11) is 4.03. The normalized spacial score (nSPS) is 18.7.